The molecule has 15 heteroatoms. The van der Waals surface area contributed by atoms with Gasteiger partial charge in [0.05, 0.1) is 42.0 Å². The van der Waals surface area contributed by atoms with Crippen LogP contribution in [0.15, 0.2) is 30.4 Å². The van der Waals surface area contributed by atoms with Crippen LogP contribution in [0, 0.1) is 18.3 Å². The summed E-state index contributed by atoms with van der Waals surface area (Å²) in [6.07, 6.45) is 8.78. The summed E-state index contributed by atoms with van der Waals surface area (Å²) >= 11 is 0. The molecule has 2 N–H and O–H groups in total. The summed E-state index contributed by atoms with van der Waals surface area (Å²) in [5.41, 5.74) is 0.183. The van der Waals surface area contributed by atoms with E-state index >= 15 is 0 Å². The van der Waals surface area contributed by atoms with E-state index in [0.717, 1.165) is 31.2 Å². The second-order valence-electron chi connectivity index (χ2n) is 16.1. The number of benzene rings is 1. The van der Waals surface area contributed by atoms with Crippen molar-refractivity contribution in [1.82, 2.24) is 24.8 Å². The molecule has 55 heavy (non-hydrogen) atoms. The van der Waals surface area contributed by atoms with Crippen LogP contribution in [0.1, 0.15) is 90.0 Å². The predicted octanol–water partition coefficient (Wildman–Crippen LogP) is 4.57. The van der Waals surface area contributed by atoms with Gasteiger partial charge in [-0.05, 0) is 83.8 Å². The third kappa shape index (κ3) is 8.27. The lowest BCUT2D eigenvalue weighted by atomic mass is 9.91. The number of rotatable bonds is 9. The number of fused-ring (bicyclic) bond motifs is 3. The van der Waals surface area contributed by atoms with E-state index in [9.17, 15) is 27.6 Å². The van der Waals surface area contributed by atoms with Crippen LogP contribution in [0.3, 0.4) is 0 Å². The molecule has 0 unspecified atom stereocenters. The number of ketones is 1. The number of nitrogens with one attached hydrogen (secondary N) is 2. The average Bonchev–Trinajstić information content (AvgIpc) is 4.03. The molecule has 5 atom stereocenters. The number of Topliss-reactive ketones (excluding diaryl/α,β-unsaturated/α-hetero) is 1. The summed E-state index contributed by atoms with van der Waals surface area (Å²) in [6.45, 7) is 7.00. The maximum Gasteiger partial charge on any atom is 0.318 e. The minimum atomic E-state index is -3.85. The highest BCUT2D eigenvalue weighted by molar-refractivity contribution is 7.90. The Hall–Kier alpha value is -4.40. The number of methoxy groups -OCH3 is 1. The lowest BCUT2D eigenvalue weighted by molar-refractivity contribution is -0.140. The summed E-state index contributed by atoms with van der Waals surface area (Å²) < 4.78 is 46.4. The molecule has 14 nitrogen and oxygen atoms in total. The lowest BCUT2D eigenvalue weighted by Gasteiger charge is -2.34. The molecular weight excluding hydrogens is 727 g/mol. The number of likely N-dealkylation sites (tertiary alicyclic amines) is 1. The number of carbonyl (C=O) groups is 4. The van der Waals surface area contributed by atoms with Gasteiger partial charge in [-0.1, -0.05) is 25.0 Å². The number of hydrogen-bond acceptors (Lipinski definition) is 10. The number of ether oxygens (including phenoxy) is 3. The Morgan fingerprint density at radius 2 is 1.82 bits per heavy atom. The molecule has 2 saturated heterocycles. The number of pyridine rings is 1. The van der Waals surface area contributed by atoms with Crippen molar-refractivity contribution in [2.45, 2.75) is 121 Å². The summed E-state index contributed by atoms with van der Waals surface area (Å²) in [4.78, 5) is 64.1. The number of carbonyl (C=O) groups excluding carboxylic acids is 4. The average molecular weight is 780 g/mol. The minimum absolute atomic E-state index is 0.0588. The highest BCUT2D eigenvalue weighted by Crippen LogP contribution is 2.57. The molecular formula is C40H53N5O9S. The fourth-order valence-electron chi connectivity index (χ4n) is 8.11. The van der Waals surface area contributed by atoms with Crippen molar-refractivity contribution in [1.29, 1.82) is 0 Å². The second-order valence-corrected chi connectivity index (χ2v) is 18.1. The highest BCUT2D eigenvalue weighted by Gasteiger charge is 2.61. The van der Waals surface area contributed by atoms with Crippen LogP contribution in [0.4, 0.5) is 4.79 Å². The van der Waals surface area contributed by atoms with E-state index in [-0.39, 0.29) is 49.1 Å². The largest absolute Gasteiger partial charge is 0.496 e. The fraction of sp³-hybridized carbons (Fsp3) is 0.625. The Labute approximate surface area is 322 Å². The molecule has 2 aliphatic carbocycles. The quantitative estimate of drug-likeness (QED) is 0.344. The zero-order chi connectivity index (χ0) is 39.1. The van der Waals surface area contributed by atoms with E-state index in [1.54, 1.807) is 18.1 Å². The van der Waals surface area contributed by atoms with Crippen LogP contribution in [0.2, 0.25) is 0 Å². The summed E-state index contributed by atoms with van der Waals surface area (Å²) in [6, 6.07) is 3.27. The van der Waals surface area contributed by atoms with Gasteiger partial charge in [0.2, 0.25) is 27.7 Å². The molecule has 0 spiro atoms. The molecule has 4 amide bonds. The maximum absolute atomic E-state index is 14.6. The number of nitrogens with zero attached hydrogens (tertiary/aromatic N) is 3. The van der Waals surface area contributed by atoms with E-state index in [1.807, 2.05) is 45.1 Å². The first kappa shape index (κ1) is 38.9. The van der Waals surface area contributed by atoms with Crippen LogP contribution in [-0.4, -0.2) is 103 Å². The molecule has 3 aliphatic heterocycles. The van der Waals surface area contributed by atoms with Gasteiger partial charge in [0, 0.05) is 42.9 Å². The van der Waals surface area contributed by atoms with Crippen LogP contribution < -0.4 is 24.2 Å². The normalized spacial score (nSPS) is 27.9. The van der Waals surface area contributed by atoms with Crippen molar-refractivity contribution in [3.8, 4) is 17.4 Å². The highest BCUT2D eigenvalue weighted by atomic mass is 32.2. The molecule has 0 radical (unpaired) electrons. The third-order valence-electron chi connectivity index (χ3n) is 11.7. The van der Waals surface area contributed by atoms with E-state index in [4.69, 9.17) is 19.2 Å². The molecule has 2 aromatic rings. The molecule has 2 saturated carbocycles. The Kier molecular flexibility index (Phi) is 11.0. The first-order valence-corrected chi connectivity index (χ1v) is 21.3. The molecule has 1 aromatic carbocycles. The van der Waals surface area contributed by atoms with Gasteiger partial charge in [-0.15, -0.1) is 0 Å². The summed E-state index contributed by atoms with van der Waals surface area (Å²) in [7, 11) is -2.26. The zero-order valence-corrected chi connectivity index (χ0v) is 33.0. The SMILES string of the molecule is COc1ccc2c(O[C@@H]3C[C@H]4C(=O)C[C@]5(C(=O)NS(=O)(=O)C6CC6)C[C@H]5/C=C\CCCCC[C@H](NC(=O)N5CCC5)C(=O)N4C3)cc(OC(C)C)nc2c1C. The Morgan fingerprint density at radius 1 is 1.04 bits per heavy atom. The first-order valence-electron chi connectivity index (χ1n) is 19.7. The Morgan fingerprint density at radius 3 is 2.51 bits per heavy atom. The topological polar surface area (TPSA) is 174 Å². The number of aromatic nitrogens is 1. The van der Waals surface area contributed by atoms with Crippen LogP contribution >= 0.6 is 0 Å². The van der Waals surface area contributed by atoms with Crippen LogP contribution in [-0.2, 0) is 24.4 Å². The van der Waals surface area contributed by atoms with Gasteiger partial charge in [-0.25, -0.2) is 18.2 Å². The lowest BCUT2D eigenvalue weighted by Crippen LogP contribution is -2.56. The number of sulfonamides is 1. The van der Waals surface area contributed by atoms with Gasteiger partial charge in [0.25, 0.3) is 0 Å². The fourth-order valence-corrected chi connectivity index (χ4v) is 9.49. The predicted molar refractivity (Wildman–Crippen MR) is 204 cm³/mol. The number of urea groups is 1. The summed E-state index contributed by atoms with van der Waals surface area (Å²) in [5.74, 6) is -0.224. The Balaban J connectivity index is 1.22. The van der Waals surface area contributed by atoms with Crippen molar-refractivity contribution in [3.05, 3.63) is 35.9 Å². The standard InChI is InChI=1S/C40H53N5O9S/c1-24(2)53-35-20-34(29-15-16-33(52-4)25(3)36(29)42-35)54-27-19-31-32(46)22-40(38(48)43-55(50,51)28-13-14-28)21-26(40)11-8-6-5-7-9-12-30(37(47)45(31)23-27)41-39(49)44-17-10-18-44/h8,11,15-16,20,24,26-28,30-31H,5-7,9-10,12-14,17-19,21-23H2,1-4H3,(H,41,49)(H,43,48)/b11-8-/t26-,27-,30+,31+,40-/m1/s1. The molecule has 4 heterocycles. The van der Waals surface area contributed by atoms with E-state index in [0.29, 0.717) is 73.5 Å². The van der Waals surface area contributed by atoms with E-state index in [1.165, 1.54) is 4.90 Å². The van der Waals surface area contributed by atoms with E-state index < -0.39 is 44.8 Å². The third-order valence-corrected chi connectivity index (χ3v) is 13.5. The monoisotopic (exact) mass is 779 g/mol. The number of amides is 4. The second kappa shape index (κ2) is 15.6. The molecule has 0 bridgehead atoms. The molecule has 298 valence electrons. The van der Waals surface area contributed by atoms with Crippen molar-refractivity contribution < 1.29 is 41.8 Å². The molecule has 5 aliphatic rings. The molecule has 1 aromatic heterocycles. The van der Waals surface area contributed by atoms with Crippen LogP contribution in [0.5, 0.6) is 17.4 Å². The zero-order valence-electron chi connectivity index (χ0n) is 32.2. The van der Waals surface area contributed by atoms with Gasteiger partial charge in [0.15, 0.2) is 5.78 Å². The van der Waals surface area contributed by atoms with Gasteiger partial charge in [0.1, 0.15) is 23.6 Å². The van der Waals surface area contributed by atoms with Crippen molar-refractivity contribution in [3.63, 3.8) is 0 Å². The van der Waals surface area contributed by atoms with Crippen molar-refractivity contribution in [2.24, 2.45) is 11.3 Å². The summed E-state index contributed by atoms with van der Waals surface area (Å²) in [5, 5.41) is 3.08. The van der Waals surface area contributed by atoms with Gasteiger partial charge in [-0.3, -0.25) is 19.1 Å². The van der Waals surface area contributed by atoms with Crippen molar-refractivity contribution >= 4 is 44.6 Å². The number of allylic oxidation sites excluding steroid dienone is 2. The van der Waals surface area contributed by atoms with Crippen LogP contribution in [0.25, 0.3) is 10.9 Å². The minimum Gasteiger partial charge on any atom is -0.496 e. The van der Waals surface area contributed by atoms with Gasteiger partial charge >= 0.3 is 6.03 Å². The molecule has 7 rings (SSSR count). The smallest absolute Gasteiger partial charge is 0.318 e. The first-order chi connectivity index (χ1) is 26.3. The van der Waals surface area contributed by atoms with Crippen molar-refractivity contribution in [2.75, 3.05) is 26.7 Å². The van der Waals surface area contributed by atoms with E-state index in [2.05, 4.69) is 10.0 Å². The Bertz CT molecular complexity index is 1980. The van der Waals surface area contributed by atoms with Gasteiger partial charge in [-0.2, -0.15) is 0 Å². The number of aryl methyl sites for hydroxylation is 1. The maximum atomic E-state index is 14.6. The molecule has 4 fully saturated rings. The number of hydrogen-bond donors (Lipinski definition) is 2. The van der Waals surface area contributed by atoms with Gasteiger partial charge < -0.3 is 29.3 Å².